The maximum absolute atomic E-state index is 9.58. The van der Waals surface area contributed by atoms with E-state index in [1.54, 1.807) is 6.07 Å². The normalized spacial score (nSPS) is 19.3. The molecule has 3 aromatic carbocycles. The Morgan fingerprint density at radius 3 is 1.96 bits per heavy atom. The number of phenols is 1. The van der Waals surface area contributed by atoms with Gasteiger partial charge in [0.15, 0.2) is 0 Å². The van der Waals surface area contributed by atoms with E-state index in [4.69, 9.17) is 4.74 Å². The minimum atomic E-state index is 0.499. The highest BCUT2D eigenvalue weighted by molar-refractivity contribution is 8.07. The van der Waals surface area contributed by atoms with Crippen LogP contribution >= 0.6 is 11.8 Å². The van der Waals surface area contributed by atoms with Crippen molar-refractivity contribution in [1.82, 2.24) is 0 Å². The highest BCUT2D eigenvalue weighted by Gasteiger charge is 2.42. The van der Waals surface area contributed by atoms with E-state index in [0.29, 0.717) is 19.0 Å². The van der Waals surface area contributed by atoms with Gasteiger partial charge in [-0.25, -0.2) is 0 Å². The number of fused-ring (bicyclic) bond motifs is 2. The van der Waals surface area contributed by atoms with Crippen LogP contribution in [0.25, 0.3) is 0 Å². The first kappa shape index (κ1) is 18.1. The molecule has 2 aliphatic rings. The topological polar surface area (TPSA) is 29.5 Å². The average molecular weight is 377 g/mol. The van der Waals surface area contributed by atoms with Crippen molar-refractivity contribution in [3.8, 4) is 5.75 Å². The second-order valence-electron chi connectivity index (χ2n) is 7.00. The molecule has 1 saturated heterocycles. The number of hydrogen-bond donors (Lipinski definition) is 1. The van der Waals surface area contributed by atoms with E-state index in [9.17, 15) is 5.11 Å². The Labute approximate surface area is 165 Å². The predicted octanol–water partition coefficient (Wildman–Crippen LogP) is 5.38. The third-order valence-electron chi connectivity index (χ3n) is 4.99. The highest BCUT2D eigenvalue weighted by Crippen LogP contribution is 2.50. The molecule has 2 atom stereocenters. The maximum Gasteiger partial charge on any atom is 0.119 e. The van der Waals surface area contributed by atoms with Crippen molar-refractivity contribution in [1.29, 1.82) is 0 Å². The Morgan fingerprint density at radius 2 is 1.33 bits per heavy atom. The lowest BCUT2D eigenvalue weighted by Crippen LogP contribution is -2.11. The van der Waals surface area contributed by atoms with Crippen LogP contribution in [-0.4, -0.2) is 15.6 Å². The van der Waals surface area contributed by atoms with Gasteiger partial charge in [0.1, 0.15) is 5.75 Å². The van der Waals surface area contributed by atoms with Gasteiger partial charge in [0.2, 0.25) is 0 Å². The summed E-state index contributed by atoms with van der Waals surface area (Å²) >= 11 is 2.05. The first-order valence-electron chi connectivity index (χ1n) is 9.40. The smallest absolute Gasteiger partial charge is 0.119 e. The second kappa shape index (κ2) is 8.64. The summed E-state index contributed by atoms with van der Waals surface area (Å²) in [7, 11) is 0. The van der Waals surface area contributed by atoms with Crippen molar-refractivity contribution < 1.29 is 9.84 Å². The van der Waals surface area contributed by atoms with Gasteiger partial charge in [0, 0.05) is 10.5 Å². The van der Waals surface area contributed by atoms with E-state index < -0.39 is 0 Å². The molecule has 1 N–H and O–H groups in total. The summed E-state index contributed by atoms with van der Waals surface area (Å²) in [6.45, 7) is 1.35. The monoisotopic (exact) mass is 376 g/mol. The summed E-state index contributed by atoms with van der Waals surface area (Å²) < 4.78 is 5.61. The SMILES string of the molecule is Oc1cccc2c1CC1SC1C2.c1ccc(COCc2ccccc2)cc1. The zero-order valence-corrected chi connectivity index (χ0v) is 16.1. The molecule has 3 aromatic rings. The van der Waals surface area contributed by atoms with Gasteiger partial charge >= 0.3 is 0 Å². The van der Waals surface area contributed by atoms with Crippen LogP contribution in [0.3, 0.4) is 0 Å². The molecule has 1 aliphatic carbocycles. The van der Waals surface area contributed by atoms with Crippen LogP contribution in [0.1, 0.15) is 22.3 Å². The van der Waals surface area contributed by atoms with Crippen LogP contribution in [-0.2, 0) is 30.8 Å². The first-order chi connectivity index (χ1) is 13.3. The molecule has 138 valence electrons. The Bertz CT molecular complexity index is 825. The van der Waals surface area contributed by atoms with E-state index in [0.717, 1.165) is 16.9 Å². The molecule has 0 saturated carbocycles. The lowest BCUT2D eigenvalue weighted by Gasteiger charge is -2.14. The van der Waals surface area contributed by atoms with Crippen LogP contribution in [0.15, 0.2) is 78.9 Å². The molecule has 1 heterocycles. The van der Waals surface area contributed by atoms with Gasteiger partial charge in [-0.2, -0.15) is 11.8 Å². The minimum absolute atomic E-state index is 0.499. The van der Waals surface area contributed by atoms with Gasteiger partial charge in [-0.05, 0) is 41.2 Å². The number of thioether (sulfide) groups is 1. The summed E-state index contributed by atoms with van der Waals surface area (Å²) in [6.07, 6.45) is 2.25. The number of phenolic OH excluding ortho intramolecular Hbond substituents is 1. The molecule has 3 heteroatoms. The van der Waals surface area contributed by atoms with Gasteiger partial charge in [-0.1, -0.05) is 72.8 Å². The zero-order chi connectivity index (χ0) is 18.5. The molecular weight excluding hydrogens is 352 g/mol. The molecule has 0 radical (unpaired) electrons. The van der Waals surface area contributed by atoms with Crippen LogP contribution < -0.4 is 0 Å². The standard InChI is InChI=1S/C14H14O.C10H10OS/c1-3-7-13(8-4-1)11-15-12-14-9-5-2-6-10-14;11-8-3-1-2-6-4-9-10(12-9)5-7(6)8/h1-10H,11-12H2;1-3,9-11H,4-5H2. The molecule has 2 nitrogen and oxygen atoms in total. The molecular formula is C24H24O2S. The second-order valence-corrected chi connectivity index (χ2v) is 8.48. The van der Waals surface area contributed by atoms with Crippen LogP contribution in [0.2, 0.25) is 0 Å². The van der Waals surface area contributed by atoms with Gasteiger partial charge in [-0.3, -0.25) is 0 Å². The Balaban J connectivity index is 0.000000136. The number of hydrogen-bond acceptors (Lipinski definition) is 3. The third kappa shape index (κ3) is 4.94. The van der Waals surface area contributed by atoms with Gasteiger partial charge in [0.25, 0.3) is 0 Å². The number of rotatable bonds is 4. The first-order valence-corrected chi connectivity index (χ1v) is 10.3. The molecule has 1 fully saturated rings. The van der Waals surface area contributed by atoms with Crippen molar-refractivity contribution in [2.24, 2.45) is 0 Å². The molecule has 27 heavy (non-hydrogen) atoms. The fourth-order valence-electron chi connectivity index (χ4n) is 3.44. The van der Waals surface area contributed by atoms with Crippen molar-refractivity contribution in [2.45, 2.75) is 36.6 Å². The highest BCUT2D eigenvalue weighted by atomic mass is 32.2. The Kier molecular flexibility index (Phi) is 5.81. The van der Waals surface area contributed by atoms with Crippen molar-refractivity contribution in [3.05, 3.63) is 101 Å². The summed E-state index contributed by atoms with van der Waals surface area (Å²) in [4.78, 5) is 0. The van der Waals surface area contributed by atoms with E-state index in [-0.39, 0.29) is 0 Å². The van der Waals surface area contributed by atoms with Crippen molar-refractivity contribution in [3.63, 3.8) is 0 Å². The Hall–Kier alpha value is -2.23. The van der Waals surface area contributed by atoms with E-state index in [1.165, 1.54) is 28.7 Å². The third-order valence-corrected chi connectivity index (χ3v) is 6.36. The summed E-state index contributed by atoms with van der Waals surface area (Å²) in [6, 6.07) is 26.3. The summed E-state index contributed by atoms with van der Waals surface area (Å²) in [5.74, 6) is 0.499. The van der Waals surface area contributed by atoms with Crippen molar-refractivity contribution in [2.75, 3.05) is 0 Å². The molecule has 0 spiro atoms. The van der Waals surface area contributed by atoms with Crippen molar-refractivity contribution >= 4 is 11.8 Å². The maximum atomic E-state index is 9.58. The fourth-order valence-corrected chi connectivity index (χ4v) is 4.53. The molecule has 1 aliphatic heterocycles. The number of benzene rings is 3. The quantitative estimate of drug-likeness (QED) is 0.620. The lowest BCUT2D eigenvalue weighted by molar-refractivity contribution is 0.107. The predicted molar refractivity (Wildman–Crippen MR) is 112 cm³/mol. The number of ether oxygens (including phenoxy) is 1. The van der Waals surface area contributed by atoms with E-state index >= 15 is 0 Å². The summed E-state index contributed by atoms with van der Waals surface area (Å²) in [5.41, 5.74) is 4.99. The zero-order valence-electron chi connectivity index (χ0n) is 15.3. The van der Waals surface area contributed by atoms with Gasteiger partial charge in [-0.15, -0.1) is 0 Å². The fraction of sp³-hybridized carbons (Fsp3) is 0.250. The molecule has 5 rings (SSSR count). The molecule has 0 bridgehead atoms. The summed E-state index contributed by atoms with van der Waals surface area (Å²) in [5, 5.41) is 11.3. The van der Waals surface area contributed by atoms with Crippen LogP contribution in [0, 0.1) is 0 Å². The molecule has 0 amide bonds. The largest absolute Gasteiger partial charge is 0.508 e. The molecule has 2 unspecified atom stereocenters. The van der Waals surface area contributed by atoms with E-state index in [2.05, 4.69) is 42.1 Å². The van der Waals surface area contributed by atoms with Crippen LogP contribution in [0.5, 0.6) is 5.75 Å². The Morgan fingerprint density at radius 1 is 0.741 bits per heavy atom. The van der Waals surface area contributed by atoms with Crippen LogP contribution in [0.4, 0.5) is 0 Å². The minimum Gasteiger partial charge on any atom is -0.508 e. The molecule has 0 aromatic heterocycles. The van der Waals surface area contributed by atoms with Gasteiger partial charge < -0.3 is 9.84 Å². The van der Waals surface area contributed by atoms with E-state index in [1.807, 2.05) is 42.5 Å². The average Bonchev–Trinajstić information content (AvgIpc) is 3.48. The number of aromatic hydroxyl groups is 1. The lowest BCUT2D eigenvalue weighted by atomic mass is 9.91. The van der Waals surface area contributed by atoms with Gasteiger partial charge in [0.05, 0.1) is 13.2 Å².